The zero-order chi connectivity index (χ0) is 13.1. The second kappa shape index (κ2) is 4.88. The minimum absolute atomic E-state index is 0.130. The molecule has 2 heterocycles. The fraction of sp³-hybridized carbons (Fsp3) is 0.111. The van der Waals surface area contributed by atoms with Crippen LogP contribution in [0.1, 0.15) is 5.56 Å². The molecule has 0 aromatic carbocycles. The number of hydrogen-bond acceptors (Lipinski definition) is 6. The molecule has 0 aliphatic heterocycles. The molecule has 0 bridgehead atoms. The molecule has 8 nitrogen and oxygen atoms in total. The van der Waals surface area contributed by atoms with Gasteiger partial charge >= 0.3 is 5.69 Å². The van der Waals surface area contributed by atoms with Crippen LogP contribution in [0, 0.1) is 10.1 Å². The predicted molar refractivity (Wildman–Crippen MR) is 66.2 cm³/mol. The molecule has 2 aromatic heterocycles. The molecular formula is C9H9ClN6O2. The van der Waals surface area contributed by atoms with Crippen LogP contribution in [0.5, 0.6) is 0 Å². The van der Waals surface area contributed by atoms with E-state index in [0.29, 0.717) is 11.4 Å². The van der Waals surface area contributed by atoms with Crippen LogP contribution >= 0.6 is 11.6 Å². The third-order valence-electron chi connectivity index (χ3n) is 2.23. The summed E-state index contributed by atoms with van der Waals surface area (Å²) in [6, 6.07) is 1.23. The molecule has 9 heteroatoms. The van der Waals surface area contributed by atoms with Crippen LogP contribution < -0.4 is 11.1 Å². The summed E-state index contributed by atoms with van der Waals surface area (Å²) >= 11 is 5.66. The topological polar surface area (TPSA) is 123 Å². The maximum Gasteiger partial charge on any atom is 0.312 e. The average Bonchev–Trinajstić information content (AvgIpc) is 2.73. The van der Waals surface area contributed by atoms with Gasteiger partial charge in [0.05, 0.1) is 16.1 Å². The van der Waals surface area contributed by atoms with Gasteiger partial charge in [-0.2, -0.15) is 5.10 Å². The molecule has 0 unspecified atom stereocenters. The van der Waals surface area contributed by atoms with E-state index in [0.717, 1.165) is 0 Å². The Morgan fingerprint density at radius 2 is 2.33 bits per heavy atom. The molecule has 0 atom stereocenters. The van der Waals surface area contributed by atoms with Crippen molar-refractivity contribution in [2.24, 2.45) is 0 Å². The summed E-state index contributed by atoms with van der Waals surface area (Å²) in [6.07, 6.45) is 2.86. The number of nitrogen functional groups attached to an aromatic ring is 1. The Balaban J connectivity index is 2.19. The highest BCUT2D eigenvalue weighted by atomic mass is 35.5. The molecule has 0 saturated carbocycles. The van der Waals surface area contributed by atoms with Gasteiger partial charge in [0.15, 0.2) is 0 Å². The number of anilines is 2. The number of hydrogen-bond donors (Lipinski definition) is 3. The monoisotopic (exact) mass is 268 g/mol. The number of H-pyrrole nitrogens is 1. The summed E-state index contributed by atoms with van der Waals surface area (Å²) in [6.45, 7) is 0.276. The van der Waals surface area contributed by atoms with E-state index in [1.165, 1.54) is 18.5 Å². The molecule has 94 valence electrons. The minimum atomic E-state index is -0.556. The molecule has 0 fully saturated rings. The summed E-state index contributed by atoms with van der Waals surface area (Å²) in [5.74, 6) is 0.532. The molecule has 0 saturated heterocycles. The van der Waals surface area contributed by atoms with Crippen LogP contribution in [0.3, 0.4) is 0 Å². The lowest BCUT2D eigenvalue weighted by Gasteiger charge is -2.05. The first-order chi connectivity index (χ1) is 8.58. The first kappa shape index (κ1) is 12.1. The zero-order valence-corrected chi connectivity index (χ0v) is 9.81. The number of aromatic amines is 1. The van der Waals surface area contributed by atoms with Crippen molar-refractivity contribution in [2.75, 3.05) is 11.1 Å². The highest BCUT2D eigenvalue weighted by molar-refractivity contribution is 6.30. The van der Waals surface area contributed by atoms with Gasteiger partial charge in [-0.05, 0) is 0 Å². The number of nitrogens with two attached hydrogens (primary N) is 1. The smallest absolute Gasteiger partial charge is 0.312 e. The number of nitrogens with one attached hydrogen (secondary N) is 2. The number of halogens is 1. The van der Waals surface area contributed by atoms with Crippen molar-refractivity contribution in [1.82, 2.24) is 15.2 Å². The van der Waals surface area contributed by atoms with Crippen molar-refractivity contribution >= 4 is 28.9 Å². The van der Waals surface area contributed by atoms with Gasteiger partial charge < -0.3 is 11.1 Å². The minimum Gasteiger partial charge on any atom is -0.384 e. The standard InChI is InChI=1S/C9H9ClN6O2/c10-6-1-7(16(17)18)9(13-4-6)12-2-5-3-14-15-8(5)11/h1,3-4H,2H2,(H,12,13)(H3,11,14,15). The quantitative estimate of drug-likeness (QED) is 0.571. The average molecular weight is 269 g/mol. The SMILES string of the molecule is Nc1[nH]ncc1CNc1ncc(Cl)cc1[N+](=O)[O-]. The summed E-state index contributed by atoms with van der Waals surface area (Å²) in [4.78, 5) is 14.1. The van der Waals surface area contributed by atoms with E-state index < -0.39 is 4.92 Å². The van der Waals surface area contributed by atoms with Crippen molar-refractivity contribution in [3.63, 3.8) is 0 Å². The normalized spacial score (nSPS) is 10.3. The van der Waals surface area contributed by atoms with Gasteiger partial charge in [-0.3, -0.25) is 15.2 Å². The van der Waals surface area contributed by atoms with Crippen molar-refractivity contribution in [1.29, 1.82) is 0 Å². The van der Waals surface area contributed by atoms with E-state index >= 15 is 0 Å². The second-order valence-electron chi connectivity index (χ2n) is 3.44. The highest BCUT2D eigenvalue weighted by Gasteiger charge is 2.16. The van der Waals surface area contributed by atoms with Crippen LogP contribution in [0.2, 0.25) is 5.02 Å². The molecule has 2 aromatic rings. The summed E-state index contributed by atoms with van der Waals surface area (Å²) < 4.78 is 0. The lowest BCUT2D eigenvalue weighted by atomic mass is 10.3. The fourth-order valence-corrected chi connectivity index (χ4v) is 1.50. The molecular weight excluding hydrogens is 260 g/mol. The van der Waals surface area contributed by atoms with Gasteiger partial charge in [-0.1, -0.05) is 11.6 Å². The van der Waals surface area contributed by atoms with Gasteiger partial charge in [0.1, 0.15) is 5.82 Å². The van der Waals surface area contributed by atoms with Crippen LogP contribution in [-0.2, 0) is 6.54 Å². The van der Waals surface area contributed by atoms with Gasteiger partial charge in [0, 0.05) is 24.4 Å². The van der Waals surface area contributed by atoms with Gasteiger partial charge in [0.2, 0.25) is 5.82 Å². The van der Waals surface area contributed by atoms with E-state index in [9.17, 15) is 10.1 Å². The van der Waals surface area contributed by atoms with Gasteiger partial charge in [0.25, 0.3) is 0 Å². The number of aromatic nitrogens is 3. The number of nitrogens with zero attached hydrogens (tertiary/aromatic N) is 3. The Morgan fingerprint density at radius 1 is 1.56 bits per heavy atom. The van der Waals surface area contributed by atoms with E-state index in [1.807, 2.05) is 0 Å². The van der Waals surface area contributed by atoms with Crippen LogP contribution in [0.25, 0.3) is 0 Å². The van der Waals surface area contributed by atoms with Gasteiger partial charge in [-0.15, -0.1) is 0 Å². The third-order valence-corrected chi connectivity index (χ3v) is 2.44. The molecule has 4 N–H and O–H groups in total. The maximum atomic E-state index is 10.8. The lowest BCUT2D eigenvalue weighted by molar-refractivity contribution is -0.384. The fourth-order valence-electron chi connectivity index (χ4n) is 1.34. The van der Waals surface area contributed by atoms with Crippen molar-refractivity contribution in [3.8, 4) is 0 Å². The Labute approximate surface area is 106 Å². The van der Waals surface area contributed by atoms with Crippen LogP contribution in [-0.4, -0.2) is 20.1 Å². The van der Waals surface area contributed by atoms with Crippen LogP contribution in [0.15, 0.2) is 18.5 Å². The van der Waals surface area contributed by atoms with Crippen molar-refractivity contribution < 1.29 is 4.92 Å². The molecule has 18 heavy (non-hydrogen) atoms. The largest absolute Gasteiger partial charge is 0.384 e. The van der Waals surface area contributed by atoms with Crippen LogP contribution in [0.4, 0.5) is 17.3 Å². The summed E-state index contributed by atoms with van der Waals surface area (Å²) in [5.41, 5.74) is 6.10. The summed E-state index contributed by atoms with van der Waals surface area (Å²) in [7, 11) is 0. The molecule has 2 rings (SSSR count). The van der Waals surface area contributed by atoms with E-state index in [-0.39, 0.29) is 23.1 Å². The first-order valence-corrected chi connectivity index (χ1v) is 5.27. The Bertz CT molecular complexity index is 584. The molecule has 0 aliphatic rings. The number of pyridine rings is 1. The highest BCUT2D eigenvalue weighted by Crippen LogP contribution is 2.25. The van der Waals surface area contributed by atoms with E-state index in [1.54, 1.807) is 0 Å². The molecule has 0 spiro atoms. The number of nitro groups is 1. The summed E-state index contributed by atoms with van der Waals surface area (Å²) in [5, 5.41) is 20.1. The third kappa shape index (κ3) is 2.48. The molecule has 0 radical (unpaired) electrons. The Hall–Kier alpha value is -2.35. The lowest BCUT2D eigenvalue weighted by Crippen LogP contribution is -2.05. The molecule has 0 aliphatic carbocycles. The Kier molecular flexibility index (Phi) is 3.28. The van der Waals surface area contributed by atoms with Crippen molar-refractivity contribution in [2.45, 2.75) is 6.54 Å². The molecule has 0 amide bonds. The zero-order valence-electron chi connectivity index (χ0n) is 9.05. The van der Waals surface area contributed by atoms with Gasteiger partial charge in [-0.25, -0.2) is 4.98 Å². The second-order valence-corrected chi connectivity index (χ2v) is 3.88. The maximum absolute atomic E-state index is 10.8. The number of rotatable bonds is 4. The predicted octanol–water partition coefficient (Wildman–Crippen LogP) is 1.56. The van der Waals surface area contributed by atoms with E-state index in [4.69, 9.17) is 17.3 Å². The Morgan fingerprint density at radius 3 is 2.94 bits per heavy atom. The first-order valence-electron chi connectivity index (χ1n) is 4.89. The van der Waals surface area contributed by atoms with E-state index in [2.05, 4.69) is 20.5 Å². The van der Waals surface area contributed by atoms with Crippen molar-refractivity contribution in [3.05, 3.63) is 39.2 Å².